The van der Waals surface area contributed by atoms with Crippen molar-refractivity contribution in [3.63, 3.8) is 0 Å². The normalized spacial score (nSPS) is 18.8. The highest BCUT2D eigenvalue weighted by molar-refractivity contribution is 7.89. The number of fused-ring (bicyclic) bond motifs is 1. The number of nitrogens with zero attached hydrogens (tertiary/aromatic N) is 1. The van der Waals surface area contributed by atoms with Gasteiger partial charge in [-0.3, -0.25) is 4.79 Å². The van der Waals surface area contributed by atoms with Crippen LogP contribution in [-0.4, -0.2) is 45.0 Å². The first kappa shape index (κ1) is 21.6. The summed E-state index contributed by atoms with van der Waals surface area (Å²) in [5.41, 5.74) is 1.37. The lowest BCUT2D eigenvalue weighted by Gasteiger charge is -2.26. The number of carbonyl (C=O) groups is 1. The van der Waals surface area contributed by atoms with Crippen molar-refractivity contribution < 1.29 is 22.7 Å². The largest absolute Gasteiger partial charge is 0.490 e. The minimum atomic E-state index is -3.67. The third-order valence-electron chi connectivity index (χ3n) is 5.45. The molecule has 0 aliphatic carbocycles. The Balaban J connectivity index is 1.59. The van der Waals surface area contributed by atoms with Gasteiger partial charge >= 0.3 is 0 Å². The molecule has 1 amide bonds. The van der Waals surface area contributed by atoms with Crippen molar-refractivity contribution in [1.29, 1.82) is 0 Å². The molecule has 0 bridgehead atoms. The number of hydrogen-bond donors (Lipinski definition) is 1. The van der Waals surface area contributed by atoms with Crippen molar-refractivity contribution in [3.8, 4) is 11.5 Å². The van der Waals surface area contributed by atoms with Crippen molar-refractivity contribution in [1.82, 2.24) is 9.62 Å². The summed E-state index contributed by atoms with van der Waals surface area (Å²) in [5.74, 6) is 1.27. The van der Waals surface area contributed by atoms with Gasteiger partial charge in [-0.05, 0) is 62.6 Å². The lowest BCUT2D eigenvalue weighted by Crippen LogP contribution is -2.32. The van der Waals surface area contributed by atoms with Crippen LogP contribution in [0.3, 0.4) is 0 Å². The second-order valence-electron chi connectivity index (χ2n) is 8.22. The number of amides is 1. The smallest absolute Gasteiger partial charge is 0.254 e. The van der Waals surface area contributed by atoms with Gasteiger partial charge in [0.05, 0.1) is 24.2 Å². The highest BCUT2D eigenvalue weighted by atomic mass is 32.2. The predicted octanol–water partition coefficient (Wildman–Crippen LogP) is 3.51. The van der Waals surface area contributed by atoms with Crippen LogP contribution in [0.15, 0.2) is 47.4 Å². The Kier molecular flexibility index (Phi) is 6.20. The third-order valence-corrected chi connectivity index (χ3v) is 7.11. The molecule has 2 aliphatic rings. The fourth-order valence-electron chi connectivity index (χ4n) is 4.08. The summed E-state index contributed by atoms with van der Waals surface area (Å²) in [5, 5.41) is 0. The van der Waals surface area contributed by atoms with Gasteiger partial charge in [0, 0.05) is 24.6 Å². The number of hydrogen-bond acceptors (Lipinski definition) is 5. The van der Waals surface area contributed by atoms with Gasteiger partial charge in [0.1, 0.15) is 0 Å². The lowest BCUT2D eigenvalue weighted by molar-refractivity contribution is 0.0735. The zero-order valence-electron chi connectivity index (χ0n) is 17.8. The van der Waals surface area contributed by atoms with Crippen LogP contribution < -0.4 is 14.2 Å². The summed E-state index contributed by atoms with van der Waals surface area (Å²) in [4.78, 5) is 15.2. The average Bonchev–Trinajstić information content (AvgIpc) is 3.11. The monoisotopic (exact) mass is 444 g/mol. The molecule has 0 aromatic heterocycles. The van der Waals surface area contributed by atoms with E-state index in [4.69, 9.17) is 9.47 Å². The van der Waals surface area contributed by atoms with E-state index in [1.54, 1.807) is 26.0 Å². The number of likely N-dealkylation sites (tertiary alicyclic amines) is 1. The zero-order valence-corrected chi connectivity index (χ0v) is 18.7. The molecule has 1 fully saturated rings. The van der Waals surface area contributed by atoms with E-state index in [1.165, 1.54) is 12.1 Å². The van der Waals surface area contributed by atoms with Crippen molar-refractivity contribution in [3.05, 3.63) is 53.6 Å². The van der Waals surface area contributed by atoms with Crippen molar-refractivity contribution in [2.45, 2.75) is 50.1 Å². The van der Waals surface area contributed by atoms with Crippen molar-refractivity contribution >= 4 is 15.9 Å². The minimum Gasteiger partial charge on any atom is -0.490 e. The molecule has 1 atom stereocenters. The molecule has 2 aromatic carbocycles. The molecule has 0 radical (unpaired) electrons. The van der Waals surface area contributed by atoms with Gasteiger partial charge in [-0.25, -0.2) is 13.1 Å². The summed E-state index contributed by atoms with van der Waals surface area (Å²) >= 11 is 0. The molecule has 31 heavy (non-hydrogen) atoms. The van der Waals surface area contributed by atoms with Gasteiger partial charge < -0.3 is 14.4 Å². The molecule has 2 aliphatic heterocycles. The maximum atomic E-state index is 13.3. The molecule has 1 N–H and O–H groups in total. The zero-order chi connectivity index (χ0) is 22.0. The Morgan fingerprint density at radius 2 is 1.84 bits per heavy atom. The van der Waals surface area contributed by atoms with Crippen LogP contribution in [0.5, 0.6) is 11.5 Å². The third kappa shape index (κ3) is 4.70. The molecule has 2 aromatic rings. The molecule has 8 heteroatoms. The average molecular weight is 445 g/mol. The molecule has 0 saturated carbocycles. The second-order valence-corrected chi connectivity index (χ2v) is 9.93. The van der Waals surface area contributed by atoms with Crippen LogP contribution in [0.2, 0.25) is 0 Å². The predicted molar refractivity (Wildman–Crippen MR) is 117 cm³/mol. The molecule has 1 saturated heterocycles. The van der Waals surface area contributed by atoms with Crippen LogP contribution in [0.1, 0.15) is 55.1 Å². The first-order chi connectivity index (χ1) is 14.8. The highest BCUT2D eigenvalue weighted by Gasteiger charge is 2.32. The van der Waals surface area contributed by atoms with E-state index in [9.17, 15) is 13.2 Å². The fourth-order valence-corrected chi connectivity index (χ4v) is 5.38. The molecule has 0 spiro atoms. The summed E-state index contributed by atoms with van der Waals surface area (Å²) in [6.45, 7) is 5.38. The van der Waals surface area contributed by atoms with E-state index < -0.39 is 10.0 Å². The summed E-state index contributed by atoms with van der Waals surface area (Å²) in [6, 6.07) is 11.8. The maximum absolute atomic E-state index is 13.3. The summed E-state index contributed by atoms with van der Waals surface area (Å²) < 4.78 is 39.1. The van der Waals surface area contributed by atoms with E-state index in [0.717, 1.165) is 30.6 Å². The van der Waals surface area contributed by atoms with E-state index in [1.807, 2.05) is 23.1 Å². The van der Waals surface area contributed by atoms with E-state index in [-0.39, 0.29) is 22.9 Å². The molecular weight excluding hydrogens is 416 g/mol. The number of benzene rings is 2. The molecule has 2 heterocycles. The Hall–Kier alpha value is -2.58. The van der Waals surface area contributed by atoms with E-state index in [2.05, 4.69) is 4.72 Å². The molecular formula is C23H28N2O5S. The van der Waals surface area contributed by atoms with Crippen LogP contribution in [-0.2, 0) is 10.0 Å². The number of rotatable bonds is 5. The van der Waals surface area contributed by atoms with Crippen LogP contribution in [0.25, 0.3) is 0 Å². The Morgan fingerprint density at radius 3 is 2.61 bits per heavy atom. The molecule has 4 rings (SSSR count). The Morgan fingerprint density at radius 1 is 1.06 bits per heavy atom. The van der Waals surface area contributed by atoms with Gasteiger partial charge in [0.15, 0.2) is 11.5 Å². The lowest BCUT2D eigenvalue weighted by atomic mass is 10.0. The molecule has 0 unspecified atom stereocenters. The topological polar surface area (TPSA) is 84.9 Å². The number of ether oxygens (including phenoxy) is 2. The first-order valence-electron chi connectivity index (χ1n) is 10.7. The van der Waals surface area contributed by atoms with Gasteiger partial charge in [-0.2, -0.15) is 0 Å². The minimum absolute atomic E-state index is 0.0845. The van der Waals surface area contributed by atoms with Crippen molar-refractivity contribution in [2.24, 2.45) is 0 Å². The van der Waals surface area contributed by atoms with Crippen LogP contribution in [0, 0.1) is 0 Å². The fraction of sp³-hybridized carbons (Fsp3) is 0.435. The van der Waals surface area contributed by atoms with E-state index >= 15 is 0 Å². The SMILES string of the molecule is CC(C)NS(=O)(=O)c1cccc(C(=O)N2CCC[C@H]2c2ccc3c(c2)OCCCO3)c1. The Bertz CT molecular complexity index is 1070. The van der Waals surface area contributed by atoms with E-state index in [0.29, 0.717) is 31.1 Å². The number of nitrogens with one attached hydrogen (secondary N) is 1. The summed E-state index contributed by atoms with van der Waals surface area (Å²) in [7, 11) is -3.67. The molecule has 166 valence electrons. The maximum Gasteiger partial charge on any atom is 0.254 e. The highest BCUT2D eigenvalue weighted by Crippen LogP contribution is 2.38. The molecule has 7 nitrogen and oxygen atoms in total. The van der Waals surface area contributed by atoms with Gasteiger partial charge in [0.2, 0.25) is 10.0 Å². The first-order valence-corrected chi connectivity index (χ1v) is 12.2. The Labute approximate surface area is 183 Å². The van der Waals surface area contributed by atoms with Gasteiger partial charge in [0.25, 0.3) is 5.91 Å². The quantitative estimate of drug-likeness (QED) is 0.763. The standard InChI is InChI=1S/C23H28N2O5S/c1-16(2)24-31(27,28)19-7-3-6-18(14-19)23(26)25-11-4-8-20(25)17-9-10-21-22(15-17)30-13-5-12-29-21/h3,6-7,9-10,14-16,20,24H,4-5,8,11-13H2,1-2H3/t20-/m0/s1. The number of carbonyl (C=O) groups excluding carboxylic acids is 1. The second kappa shape index (κ2) is 8.88. The van der Waals surface area contributed by atoms with Gasteiger partial charge in [-0.1, -0.05) is 12.1 Å². The summed E-state index contributed by atoms with van der Waals surface area (Å²) in [6.07, 6.45) is 2.57. The number of sulfonamides is 1. The van der Waals surface area contributed by atoms with Gasteiger partial charge in [-0.15, -0.1) is 0 Å². The van der Waals surface area contributed by atoms with Crippen LogP contribution >= 0.6 is 0 Å². The van der Waals surface area contributed by atoms with Crippen LogP contribution in [0.4, 0.5) is 0 Å². The van der Waals surface area contributed by atoms with Crippen molar-refractivity contribution in [2.75, 3.05) is 19.8 Å².